The Morgan fingerprint density at radius 1 is 1.30 bits per heavy atom. The van der Waals surface area contributed by atoms with Crippen molar-refractivity contribution in [2.75, 3.05) is 18.7 Å². The third kappa shape index (κ3) is 5.60. The van der Waals surface area contributed by atoms with Gasteiger partial charge in [-0.25, -0.2) is 12.7 Å². The summed E-state index contributed by atoms with van der Waals surface area (Å²) in [6, 6.07) is 5.85. The number of benzene rings is 1. The van der Waals surface area contributed by atoms with Crippen molar-refractivity contribution in [1.29, 1.82) is 0 Å². The number of nitrogens with zero attached hydrogens (tertiary/aromatic N) is 1. The number of rotatable bonds is 8. The van der Waals surface area contributed by atoms with E-state index in [0.29, 0.717) is 12.0 Å². The zero-order valence-corrected chi connectivity index (χ0v) is 12.5. The van der Waals surface area contributed by atoms with E-state index in [-0.39, 0.29) is 23.9 Å². The van der Waals surface area contributed by atoms with Crippen LogP contribution in [0.5, 0.6) is 5.75 Å². The third-order valence-corrected chi connectivity index (χ3v) is 4.72. The van der Waals surface area contributed by atoms with Crippen molar-refractivity contribution in [2.24, 2.45) is 0 Å². The van der Waals surface area contributed by atoms with Crippen molar-refractivity contribution in [3.63, 3.8) is 0 Å². The number of sulfonamides is 1. The van der Waals surface area contributed by atoms with Crippen LogP contribution in [0.2, 0.25) is 0 Å². The number of hydrogen-bond donors (Lipinski definition) is 0. The van der Waals surface area contributed by atoms with Gasteiger partial charge >= 0.3 is 6.61 Å². The van der Waals surface area contributed by atoms with Gasteiger partial charge in [0.05, 0.1) is 5.75 Å². The Morgan fingerprint density at radius 2 is 1.90 bits per heavy atom. The molecule has 0 unspecified atom stereocenters. The van der Waals surface area contributed by atoms with Gasteiger partial charge in [0.15, 0.2) is 0 Å². The van der Waals surface area contributed by atoms with Gasteiger partial charge in [-0.15, -0.1) is 11.6 Å². The van der Waals surface area contributed by atoms with Crippen molar-refractivity contribution in [1.82, 2.24) is 4.31 Å². The first kappa shape index (κ1) is 17.1. The molecule has 0 amide bonds. The van der Waals surface area contributed by atoms with Crippen molar-refractivity contribution < 1.29 is 21.9 Å². The summed E-state index contributed by atoms with van der Waals surface area (Å²) in [6.07, 6.45) is 0.384. The minimum Gasteiger partial charge on any atom is -0.435 e. The zero-order chi connectivity index (χ0) is 15.2. The molecule has 1 aromatic rings. The lowest BCUT2D eigenvalue weighted by atomic mass is 10.2. The molecule has 0 aliphatic heterocycles. The summed E-state index contributed by atoms with van der Waals surface area (Å²) in [6.45, 7) is -2.71. The van der Waals surface area contributed by atoms with E-state index in [1.807, 2.05) is 0 Å². The maximum absolute atomic E-state index is 12.0. The molecule has 1 aromatic carbocycles. The molecule has 0 atom stereocenters. The molecule has 20 heavy (non-hydrogen) atoms. The summed E-state index contributed by atoms with van der Waals surface area (Å²) >= 11 is 5.47. The summed E-state index contributed by atoms with van der Waals surface area (Å²) in [5.74, 6) is 0.308. The van der Waals surface area contributed by atoms with Gasteiger partial charge in [-0.3, -0.25) is 0 Å². The summed E-state index contributed by atoms with van der Waals surface area (Å²) in [5.41, 5.74) is 0.684. The van der Waals surface area contributed by atoms with Crippen molar-refractivity contribution in [2.45, 2.75) is 19.6 Å². The van der Waals surface area contributed by atoms with Crippen molar-refractivity contribution in [3.05, 3.63) is 29.8 Å². The summed E-state index contributed by atoms with van der Waals surface area (Å²) < 4.78 is 53.1. The van der Waals surface area contributed by atoms with E-state index in [4.69, 9.17) is 11.6 Å². The average Bonchev–Trinajstić information content (AvgIpc) is 2.38. The van der Waals surface area contributed by atoms with Crippen LogP contribution in [0.15, 0.2) is 24.3 Å². The molecule has 0 aromatic heterocycles. The minimum absolute atomic E-state index is 0.0143. The summed E-state index contributed by atoms with van der Waals surface area (Å²) in [4.78, 5) is 0. The first-order chi connectivity index (χ1) is 9.35. The second-order valence-electron chi connectivity index (χ2n) is 4.14. The topological polar surface area (TPSA) is 46.6 Å². The summed E-state index contributed by atoms with van der Waals surface area (Å²) in [5, 5.41) is 0. The number of ether oxygens (including phenoxy) is 1. The Kier molecular flexibility index (Phi) is 6.64. The van der Waals surface area contributed by atoms with E-state index in [9.17, 15) is 17.2 Å². The SMILES string of the molecule is CN(Cc1ccc(OC(F)F)cc1)S(=O)(=O)CCCCl. The highest BCUT2D eigenvalue weighted by atomic mass is 35.5. The summed E-state index contributed by atoms with van der Waals surface area (Å²) in [7, 11) is -1.89. The minimum atomic E-state index is -3.35. The zero-order valence-electron chi connectivity index (χ0n) is 10.9. The van der Waals surface area contributed by atoms with Gasteiger partial charge in [-0.1, -0.05) is 12.1 Å². The lowest BCUT2D eigenvalue weighted by molar-refractivity contribution is -0.0498. The first-order valence-corrected chi connectivity index (χ1v) is 8.03. The van der Waals surface area contributed by atoms with Crippen LogP contribution in [0, 0.1) is 0 Å². The molecular formula is C12H16ClF2NO3S. The number of halogens is 3. The van der Waals surface area contributed by atoms with Crippen LogP contribution in [0.25, 0.3) is 0 Å². The molecule has 8 heteroatoms. The Balaban J connectivity index is 2.64. The van der Waals surface area contributed by atoms with E-state index >= 15 is 0 Å². The highest BCUT2D eigenvalue weighted by Crippen LogP contribution is 2.16. The van der Waals surface area contributed by atoms with Gasteiger partial charge in [-0.05, 0) is 24.1 Å². The fourth-order valence-corrected chi connectivity index (χ4v) is 2.98. The van der Waals surface area contributed by atoms with E-state index in [2.05, 4.69) is 4.74 Å². The molecule has 0 fully saturated rings. The molecule has 0 aliphatic rings. The van der Waals surface area contributed by atoms with Crippen LogP contribution in [0.4, 0.5) is 8.78 Å². The van der Waals surface area contributed by atoms with Gasteiger partial charge < -0.3 is 4.74 Å². The predicted octanol–water partition coefficient (Wildman–Crippen LogP) is 2.68. The molecule has 0 saturated heterocycles. The number of alkyl halides is 3. The smallest absolute Gasteiger partial charge is 0.387 e. The van der Waals surface area contributed by atoms with Gasteiger partial charge in [-0.2, -0.15) is 8.78 Å². The van der Waals surface area contributed by atoms with Crippen LogP contribution in [0.1, 0.15) is 12.0 Å². The predicted molar refractivity (Wildman–Crippen MR) is 73.7 cm³/mol. The molecule has 0 bridgehead atoms. The lowest BCUT2D eigenvalue weighted by Gasteiger charge is -2.17. The highest BCUT2D eigenvalue weighted by molar-refractivity contribution is 7.89. The molecular weight excluding hydrogens is 312 g/mol. The van der Waals surface area contributed by atoms with E-state index in [0.717, 1.165) is 0 Å². The van der Waals surface area contributed by atoms with Crippen molar-refractivity contribution >= 4 is 21.6 Å². The maximum Gasteiger partial charge on any atom is 0.387 e. The molecule has 0 spiro atoms. The fraction of sp³-hybridized carbons (Fsp3) is 0.500. The average molecular weight is 328 g/mol. The molecule has 0 N–H and O–H groups in total. The van der Waals surface area contributed by atoms with Gasteiger partial charge in [0.25, 0.3) is 0 Å². The number of hydrogen-bond acceptors (Lipinski definition) is 3. The quantitative estimate of drug-likeness (QED) is 0.690. The largest absolute Gasteiger partial charge is 0.435 e. The van der Waals surface area contributed by atoms with Gasteiger partial charge in [0.1, 0.15) is 5.75 Å². The second-order valence-corrected chi connectivity index (χ2v) is 6.71. The normalized spacial score (nSPS) is 12.1. The third-order valence-electron chi connectivity index (χ3n) is 2.56. The maximum atomic E-state index is 12.0. The van der Waals surface area contributed by atoms with E-state index in [1.165, 1.54) is 23.5 Å². The van der Waals surface area contributed by atoms with E-state index < -0.39 is 16.6 Å². The Labute approximate surface area is 122 Å². The van der Waals surface area contributed by atoms with Gasteiger partial charge in [0, 0.05) is 19.5 Å². The van der Waals surface area contributed by atoms with Crippen LogP contribution >= 0.6 is 11.6 Å². The Morgan fingerprint density at radius 3 is 2.40 bits per heavy atom. The molecule has 0 aliphatic carbocycles. The molecule has 1 rings (SSSR count). The van der Waals surface area contributed by atoms with Crippen LogP contribution in [-0.2, 0) is 16.6 Å². The standard InChI is InChI=1S/C12H16ClF2NO3S/c1-16(20(17,18)8-2-7-13)9-10-3-5-11(6-4-10)19-12(14)15/h3-6,12H,2,7-9H2,1H3. The van der Waals surface area contributed by atoms with E-state index in [1.54, 1.807) is 12.1 Å². The Bertz CT molecular complexity index is 508. The molecule has 4 nitrogen and oxygen atoms in total. The first-order valence-electron chi connectivity index (χ1n) is 5.89. The van der Waals surface area contributed by atoms with Crippen LogP contribution in [0.3, 0.4) is 0 Å². The molecule has 114 valence electrons. The molecule has 0 heterocycles. The van der Waals surface area contributed by atoms with Crippen LogP contribution < -0.4 is 4.74 Å². The Hall–Kier alpha value is -0.920. The molecule has 0 saturated carbocycles. The van der Waals surface area contributed by atoms with Crippen LogP contribution in [-0.4, -0.2) is 38.0 Å². The molecule has 0 radical (unpaired) electrons. The fourth-order valence-electron chi connectivity index (χ4n) is 1.52. The monoisotopic (exact) mass is 327 g/mol. The highest BCUT2D eigenvalue weighted by Gasteiger charge is 2.17. The van der Waals surface area contributed by atoms with Crippen molar-refractivity contribution in [3.8, 4) is 5.75 Å². The lowest BCUT2D eigenvalue weighted by Crippen LogP contribution is -2.29. The second kappa shape index (κ2) is 7.75. The van der Waals surface area contributed by atoms with Gasteiger partial charge in [0.2, 0.25) is 10.0 Å².